The van der Waals surface area contributed by atoms with Crippen molar-refractivity contribution in [3.8, 4) is 0 Å². The molecule has 108 valence electrons. The first kappa shape index (κ1) is 14.6. The number of carbonyl (C=O) groups excluding carboxylic acids is 2. The third-order valence-corrected chi connectivity index (χ3v) is 2.75. The first-order valence-electron chi connectivity index (χ1n) is 6.34. The number of aromatic nitrogens is 1. The van der Waals surface area contributed by atoms with E-state index in [1.54, 1.807) is 24.5 Å². The number of nitrogens with one attached hydrogen (secondary N) is 2. The Morgan fingerprint density at radius 3 is 2.33 bits per heavy atom. The van der Waals surface area contributed by atoms with Crippen LogP contribution in [0.4, 0.5) is 4.39 Å². The minimum Gasteiger partial charge on any atom is -0.350 e. The number of pyridine rings is 1. The van der Waals surface area contributed by atoms with Crippen molar-refractivity contribution in [1.82, 2.24) is 15.6 Å². The van der Waals surface area contributed by atoms with Gasteiger partial charge in [0, 0.05) is 24.5 Å². The summed E-state index contributed by atoms with van der Waals surface area (Å²) in [6.07, 6.45) is 3.27. The number of rotatable bonds is 5. The summed E-state index contributed by atoms with van der Waals surface area (Å²) in [6, 6.07) is 8.69. The normalized spacial score (nSPS) is 9.95. The molecule has 0 bridgehead atoms. The number of carbonyl (C=O) groups is 2. The average Bonchev–Trinajstić information content (AvgIpc) is 2.52. The maximum absolute atomic E-state index is 12.7. The highest BCUT2D eigenvalue weighted by atomic mass is 19.1. The minimum atomic E-state index is -0.422. The van der Waals surface area contributed by atoms with Crippen LogP contribution in [0.1, 0.15) is 15.9 Å². The number of benzene rings is 1. The first-order valence-corrected chi connectivity index (χ1v) is 6.34. The molecule has 0 fully saturated rings. The highest BCUT2D eigenvalue weighted by molar-refractivity contribution is 5.96. The topological polar surface area (TPSA) is 71.1 Å². The lowest BCUT2D eigenvalue weighted by atomic mass is 10.2. The highest BCUT2D eigenvalue weighted by Gasteiger charge is 2.07. The van der Waals surface area contributed by atoms with Gasteiger partial charge in [-0.05, 0) is 42.0 Å². The van der Waals surface area contributed by atoms with Crippen LogP contribution in [-0.2, 0) is 11.3 Å². The smallest absolute Gasteiger partial charge is 0.251 e. The Hall–Kier alpha value is -2.76. The average molecular weight is 287 g/mol. The van der Waals surface area contributed by atoms with Crippen LogP contribution in [0, 0.1) is 5.82 Å². The van der Waals surface area contributed by atoms with E-state index in [2.05, 4.69) is 15.6 Å². The zero-order chi connectivity index (χ0) is 15.1. The monoisotopic (exact) mass is 287 g/mol. The predicted molar refractivity (Wildman–Crippen MR) is 74.8 cm³/mol. The molecule has 1 aromatic heterocycles. The van der Waals surface area contributed by atoms with Crippen molar-refractivity contribution in [2.45, 2.75) is 6.54 Å². The molecule has 1 aromatic carbocycles. The van der Waals surface area contributed by atoms with Gasteiger partial charge in [-0.2, -0.15) is 0 Å². The van der Waals surface area contributed by atoms with Crippen molar-refractivity contribution in [2.24, 2.45) is 0 Å². The summed E-state index contributed by atoms with van der Waals surface area (Å²) in [5.41, 5.74) is 1.22. The van der Waals surface area contributed by atoms with Gasteiger partial charge in [-0.25, -0.2) is 4.39 Å². The van der Waals surface area contributed by atoms with Crippen molar-refractivity contribution in [3.63, 3.8) is 0 Å². The van der Waals surface area contributed by atoms with Gasteiger partial charge < -0.3 is 10.6 Å². The molecule has 1 heterocycles. The molecule has 21 heavy (non-hydrogen) atoms. The molecule has 6 heteroatoms. The van der Waals surface area contributed by atoms with Crippen LogP contribution in [0.2, 0.25) is 0 Å². The lowest BCUT2D eigenvalue weighted by molar-refractivity contribution is -0.120. The van der Waals surface area contributed by atoms with E-state index < -0.39 is 11.7 Å². The number of hydrogen-bond acceptors (Lipinski definition) is 3. The SMILES string of the molecule is O=C(CNC(=O)c1ccc(F)cc1)NCc1ccncc1. The van der Waals surface area contributed by atoms with E-state index in [4.69, 9.17) is 0 Å². The van der Waals surface area contributed by atoms with Crippen LogP contribution in [0.25, 0.3) is 0 Å². The Morgan fingerprint density at radius 1 is 1.00 bits per heavy atom. The van der Waals surface area contributed by atoms with Crippen molar-refractivity contribution >= 4 is 11.8 Å². The predicted octanol–water partition coefficient (Wildman–Crippen LogP) is 1.27. The van der Waals surface area contributed by atoms with E-state index in [1.165, 1.54) is 24.3 Å². The second kappa shape index (κ2) is 7.14. The third-order valence-electron chi connectivity index (χ3n) is 2.75. The Balaban J connectivity index is 1.76. The van der Waals surface area contributed by atoms with Crippen LogP contribution in [0.5, 0.6) is 0 Å². The molecule has 0 saturated heterocycles. The molecular formula is C15H14FN3O2. The van der Waals surface area contributed by atoms with Gasteiger partial charge >= 0.3 is 0 Å². The Labute approximate surface area is 121 Å². The zero-order valence-electron chi connectivity index (χ0n) is 11.2. The van der Waals surface area contributed by atoms with E-state index in [-0.39, 0.29) is 12.5 Å². The van der Waals surface area contributed by atoms with E-state index in [1.807, 2.05) is 0 Å². The van der Waals surface area contributed by atoms with E-state index in [0.29, 0.717) is 12.1 Å². The lowest BCUT2D eigenvalue weighted by Crippen LogP contribution is -2.36. The van der Waals surface area contributed by atoms with Gasteiger partial charge in [-0.1, -0.05) is 0 Å². The summed E-state index contributed by atoms with van der Waals surface area (Å²) in [6.45, 7) is 0.231. The van der Waals surface area contributed by atoms with Gasteiger partial charge in [0.05, 0.1) is 6.54 Å². The van der Waals surface area contributed by atoms with Gasteiger partial charge in [-0.3, -0.25) is 14.6 Å². The molecule has 2 amide bonds. The fourth-order valence-corrected chi connectivity index (χ4v) is 1.63. The molecule has 0 atom stereocenters. The molecule has 0 aliphatic carbocycles. The first-order chi connectivity index (χ1) is 10.1. The van der Waals surface area contributed by atoms with Crippen LogP contribution >= 0.6 is 0 Å². The Kier molecular flexibility index (Phi) is 4.98. The molecule has 0 aliphatic rings. The molecule has 5 nitrogen and oxygen atoms in total. The summed E-state index contributed by atoms with van der Waals surface area (Å²) < 4.78 is 12.7. The largest absolute Gasteiger partial charge is 0.350 e. The fraction of sp³-hybridized carbons (Fsp3) is 0.133. The van der Waals surface area contributed by atoms with Gasteiger partial charge in [-0.15, -0.1) is 0 Å². The number of nitrogens with zero attached hydrogens (tertiary/aromatic N) is 1. The molecule has 2 aromatic rings. The standard InChI is InChI=1S/C15H14FN3O2/c16-13-3-1-12(2-4-13)15(21)19-10-14(20)18-9-11-5-7-17-8-6-11/h1-8H,9-10H2,(H,18,20)(H,19,21). The maximum atomic E-state index is 12.7. The van der Waals surface area contributed by atoms with E-state index in [0.717, 1.165) is 5.56 Å². The van der Waals surface area contributed by atoms with Gasteiger partial charge in [0.1, 0.15) is 5.82 Å². The molecule has 2 rings (SSSR count). The van der Waals surface area contributed by atoms with E-state index >= 15 is 0 Å². The number of hydrogen-bond donors (Lipinski definition) is 2. The zero-order valence-corrected chi connectivity index (χ0v) is 11.2. The number of amides is 2. The van der Waals surface area contributed by atoms with Crippen molar-refractivity contribution < 1.29 is 14.0 Å². The quantitative estimate of drug-likeness (QED) is 0.870. The molecule has 0 radical (unpaired) electrons. The van der Waals surface area contributed by atoms with Crippen LogP contribution in [-0.4, -0.2) is 23.3 Å². The highest BCUT2D eigenvalue weighted by Crippen LogP contribution is 2.02. The Morgan fingerprint density at radius 2 is 1.67 bits per heavy atom. The van der Waals surface area contributed by atoms with Crippen molar-refractivity contribution in [1.29, 1.82) is 0 Å². The summed E-state index contributed by atoms with van der Waals surface area (Å²) >= 11 is 0. The van der Waals surface area contributed by atoms with Gasteiger partial charge in [0.15, 0.2) is 0 Å². The molecule has 2 N–H and O–H groups in total. The lowest BCUT2D eigenvalue weighted by Gasteiger charge is -2.07. The van der Waals surface area contributed by atoms with Crippen molar-refractivity contribution in [2.75, 3.05) is 6.54 Å². The summed E-state index contributed by atoms with van der Waals surface area (Å²) in [5, 5.41) is 5.14. The molecule has 0 spiro atoms. The maximum Gasteiger partial charge on any atom is 0.251 e. The minimum absolute atomic E-state index is 0.138. The summed E-state index contributed by atoms with van der Waals surface area (Å²) in [7, 11) is 0. The molecule has 0 unspecified atom stereocenters. The van der Waals surface area contributed by atoms with Crippen molar-refractivity contribution in [3.05, 3.63) is 65.7 Å². The van der Waals surface area contributed by atoms with Gasteiger partial charge in [0.2, 0.25) is 5.91 Å². The van der Waals surface area contributed by atoms with Crippen LogP contribution in [0.3, 0.4) is 0 Å². The van der Waals surface area contributed by atoms with Gasteiger partial charge in [0.25, 0.3) is 5.91 Å². The second-order valence-corrected chi connectivity index (χ2v) is 4.32. The van der Waals surface area contributed by atoms with E-state index in [9.17, 15) is 14.0 Å². The molecule has 0 saturated carbocycles. The molecule has 0 aliphatic heterocycles. The van der Waals surface area contributed by atoms with Crippen LogP contribution < -0.4 is 10.6 Å². The third kappa shape index (κ3) is 4.68. The second-order valence-electron chi connectivity index (χ2n) is 4.32. The van der Waals surface area contributed by atoms with Crippen LogP contribution in [0.15, 0.2) is 48.8 Å². The number of halogens is 1. The Bertz CT molecular complexity index is 615. The molecular weight excluding hydrogens is 273 g/mol. The fourth-order valence-electron chi connectivity index (χ4n) is 1.63. The summed E-state index contributed by atoms with van der Waals surface area (Å²) in [5.74, 6) is -1.14. The summed E-state index contributed by atoms with van der Waals surface area (Å²) in [4.78, 5) is 27.2.